The third-order valence-corrected chi connectivity index (χ3v) is 3.61. The number of thiazole rings is 1. The molecule has 1 N–H and O–H groups in total. The highest BCUT2D eigenvalue weighted by atomic mass is 35.5. The van der Waals surface area contributed by atoms with E-state index in [1.54, 1.807) is 6.07 Å². The second-order valence-corrected chi connectivity index (χ2v) is 4.98. The first-order valence-corrected chi connectivity index (χ1v) is 6.31. The largest absolute Gasteiger partial charge is 0.320 e. The van der Waals surface area contributed by atoms with Gasteiger partial charge in [0.1, 0.15) is 0 Å². The number of hydrogen-bond donors (Lipinski definition) is 1. The summed E-state index contributed by atoms with van der Waals surface area (Å²) in [6.07, 6.45) is 0. The predicted molar refractivity (Wildman–Crippen MR) is 71.0 cm³/mol. The van der Waals surface area contributed by atoms with Crippen molar-refractivity contribution in [3.8, 4) is 0 Å². The number of nitrogens with zero attached hydrogens (tertiary/aromatic N) is 1. The number of carbonyl (C=O) groups excluding carboxylic acids is 1. The van der Waals surface area contributed by atoms with E-state index in [0.29, 0.717) is 15.7 Å². The van der Waals surface area contributed by atoms with E-state index in [0.717, 1.165) is 11.3 Å². The van der Waals surface area contributed by atoms with Crippen molar-refractivity contribution in [2.45, 2.75) is 13.8 Å². The molecule has 1 aromatic carbocycles. The fourth-order valence-electron chi connectivity index (χ4n) is 1.31. The van der Waals surface area contributed by atoms with Crippen molar-refractivity contribution in [1.29, 1.82) is 0 Å². The molecule has 0 fully saturated rings. The highest BCUT2D eigenvalue weighted by molar-refractivity contribution is 7.11. The third kappa shape index (κ3) is 2.84. The van der Waals surface area contributed by atoms with Crippen LogP contribution in [0.4, 0.5) is 5.69 Å². The summed E-state index contributed by atoms with van der Waals surface area (Å²) in [6, 6.07) is 5.42. The van der Waals surface area contributed by atoms with Gasteiger partial charge in [-0.1, -0.05) is 17.7 Å². The van der Waals surface area contributed by atoms with Crippen molar-refractivity contribution >= 4 is 34.5 Å². The van der Waals surface area contributed by atoms with Crippen LogP contribution < -0.4 is 5.32 Å². The SMILES string of the molecule is Cc1csc(C(=O)Nc2ccc(C)c(Cl)c2)n1. The van der Waals surface area contributed by atoms with Gasteiger partial charge in [-0.05, 0) is 31.5 Å². The first kappa shape index (κ1) is 12.1. The molecule has 0 unspecified atom stereocenters. The lowest BCUT2D eigenvalue weighted by Gasteiger charge is -2.04. The maximum atomic E-state index is 11.8. The highest BCUT2D eigenvalue weighted by Crippen LogP contribution is 2.20. The molecule has 0 aliphatic carbocycles. The summed E-state index contributed by atoms with van der Waals surface area (Å²) >= 11 is 7.31. The van der Waals surface area contributed by atoms with Crippen molar-refractivity contribution in [3.05, 3.63) is 44.9 Å². The molecule has 0 aliphatic heterocycles. The Morgan fingerprint density at radius 3 is 2.76 bits per heavy atom. The van der Waals surface area contributed by atoms with Gasteiger partial charge in [-0.2, -0.15) is 0 Å². The molecule has 17 heavy (non-hydrogen) atoms. The van der Waals surface area contributed by atoms with E-state index < -0.39 is 0 Å². The summed E-state index contributed by atoms with van der Waals surface area (Å²) in [4.78, 5) is 15.9. The molecule has 0 spiro atoms. The second kappa shape index (κ2) is 4.85. The van der Waals surface area contributed by atoms with Gasteiger partial charge in [0.25, 0.3) is 5.91 Å². The zero-order chi connectivity index (χ0) is 12.4. The molecule has 0 aliphatic rings. The first-order valence-electron chi connectivity index (χ1n) is 5.06. The molecule has 1 aromatic heterocycles. The molecule has 0 saturated heterocycles. The summed E-state index contributed by atoms with van der Waals surface area (Å²) < 4.78 is 0. The van der Waals surface area contributed by atoms with E-state index in [1.165, 1.54) is 11.3 Å². The Kier molecular flexibility index (Phi) is 3.45. The molecule has 88 valence electrons. The van der Waals surface area contributed by atoms with Gasteiger partial charge in [-0.25, -0.2) is 4.98 Å². The second-order valence-electron chi connectivity index (χ2n) is 3.71. The van der Waals surface area contributed by atoms with E-state index in [4.69, 9.17) is 11.6 Å². The average molecular weight is 267 g/mol. The van der Waals surface area contributed by atoms with Crippen molar-refractivity contribution in [3.63, 3.8) is 0 Å². The predicted octanol–water partition coefficient (Wildman–Crippen LogP) is 3.67. The number of carbonyl (C=O) groups is 1. The lowest BCUT2D eigenvalue weighted by molar-refractivity contribution is 0.102. The molecular weight excluding hydrogens is 256 g/mol. The molecule has 2 aromatic rings. The van der Waals surface area contributed by atoms with E-state index in [2.05, 4.69) is 10.3 Å². The molecule has 3 nitrogen and oxygen atoms in total. The van der Waals surface area contributed by atoms with Crippen LogP contribution in [0, 0.1) is 13.8 Å². The first-order chi connectivity index (χ1) is 8.06. The van der Waals surface area contributed by atoms with Crippen molar-refractivity contribution < 1.29 is 4.79 Å². The third-order valence-electron chi connectivity index (χ3n) is 2.24. The van der Waals surface area contributed by atoms with Crippen LogP contribution in [-0.4, -0.2) is 10.9 Å². The smallest absolute Gasteiger partial charge is 0.284 e. The molecule has 2 rings (SSSR count). The number of amides is 1. The van der Waals surface area contributed by atoms with Crippen LogP contribution in [0.15, 0.2) is 23.6 Å². The molecule has 0 saturated carbocycles. The van der Waals surface area contributed by atoms with Crippen LogP contribution in [0.2, 0.25) is 5.02 Å². The van der Waals surface area contributed by atoms with Gasteiger partial charge >= 0.3 is 0 Å². The number of halogens is 1. The van der Waals surface area contributed by atoms with Gasteiger partial charge in [0, 0.05) is 21.8 Å². The topological polar surface area (TPSA) is 42.0 Å². The quantitative estimate of drug-likeness (QED) is 0.901. The number of rotatable bonds is 2. The summed E-state index contributed by atoms with van der Waals surface area (Å²) in [5.41, 5.74) is 2.51. The Balaban J connectivity index is 2.15. The minimum atomic E-state index is -0.206. The number of anilines is 1. The van der Waals surface area contributed by atoms with E-state index in [1.807, 2.05) is 31.4 Å². The highest BCUT2D eigenvalue weighted by Gasteiger charge is 2.10. The van der Waals surface area contributed by atoms with Gasteiger partial charge < -0.3 is 5.32 Å². The van der Waals surface area contributed by atoms with Gasteiger partial charge in [-0.15, -0.1) is 11.3 Å². The summed E-state index contributed by atoms with van der Waals surface area (Å²) in [6.45, 7) is 3.77. The van der Waals surface area contributed by atoms with E-state index in [9.17, 15) is 4.79 Å². The number of hydrogen-bond acceptors (Lipinski definition) is 3. The monoisotopic (exact) mass is 266 g/mol. The minimum absolute atomic E-state index is 0.206. The Morgan fingerprint density at radius 2 is 2.18 bits per heavy atom. The average Bonchev–Trinajstić information content (AvgIpc) is 2.70. The molecule has 0 atom stereocenters. The normalized spacial score (nSPS) is 10.3. The van der Waals surface area contributed by atoms with Crippen LogP contribution in [0.3, 0.4) is 0 Å². The molecule has 0 bridgehead atoms. The van der Waals surface area contributed by atoms with Crippen molar-refractivity contribution in [2.24, 2.45) is 0 Å². The Morgan fingerprint density at radius 1 is 1.41 bits per heavy atom. The number of nitrogens with one attached hydrogen (secondary N) is 1. The maximum Gasteiger partial charge on any atom is 0.284 e. The molecule has 1 heterocycles. The van der Waals surface area contributed by atoms with Gasteiger partial charge in [0.05, 0.1) is 0 Å². The molecular formula is C12H11ClN2OS. The van der Waals surface area contributed by atoms with Gasteiger partial charge in [0.2, 0.25) is 0 Å². The molecule has 1 amide bonds. The summed E-state index contributed by atoms with van der Waals surface area (Å²) in [5.74, 6) is -0.206. The molecule has 5 heteroatoms. The van der Waals surface area contributed by atoms with E-state index in [-0.39, 0.29) is 5.91 Å². The Hall–Kier alpha value is -1.39. The number of aromatic nitrogens is 1. The standard InChI is InChI=1S/C12H11ClN2OS/c1-7-3-4-9(5-10(7)13)15-11(16)12-14-8(2)6-17-12/h3-6H,1-2H3,(H,15,16). The van der Waals surface area contributed by atoms with Gasteiger partial charge in [0.15, 0.2) is 5.01 Å². The summed E-state index contributed by atoms with van der Waals surface area (Å²) in [7, 11) is 0. The zero-order valence-corrected chi connectivity index (χ0v) is 11.0. The van der Waals surface area contributed by atoms with Crippen molar-refractivity contribution in [2.75, 3.05) is 5.32 Å². The van der Waals surface area contributed by atoms with Crippen molar-refractivity contribution in [1.82, 2.24) is 4.98 Å². The Labute approximate surface area is 108 Å². The van der Waals surface area contributed by atoms with Crippen LogP contribution in [0.5, 0.6) is 0 Å². The zero-order valence-electron chi connectivity index (χ0n) is 9.45. The summed E-state index contributed by atoms with van der Waals surface area (Å²) in [5, 5.41) is 5.70. The lowest BCUT2D eigenvalue weighted by atomic mass is 10.2. The van der Waals surface area contributed by atoms with Crippen LogP contribution in [0.25, 0.3) is 0 Å². The lowest BCUT2D eigenvalue weighted by Crippen LogP contribution is -2.11. The van der Waals surface area contributed by atoms with Crippen LogP contribution >= 0.6 is 22.9 Å². The molecule has 0 radical (unpaired) electrons. The fraction of sp³-hybridized carbons (Fsp3) is 0.167. The van der Waals surface area contributed by atoms with E-state index >= 15 is 0 Å². The fourth-order valence-corrected chi connectivity index (χ4v) is 2.18. The number of benzene rings is 1. The van der Waals surface area contributed by atoms with Crippen LogP contribution in [0.1, 0.15) is 21.1 Å². The Bertz CT molecular complexity index is 565. The number of aryl methyl sites for hydroxylation is 2. The maximum absolute atomic E-state index is 11.8. The van der Waals surface area contributed by atoms with Gasteiger partial charge in [-0.3, -0.25) is 4.79 Å². The minimum Gasteiger partial charge on any atom is -0.320 e. The van der Waals surface area contributed by atoms with Crippen LogP contribution in [-0.2, 0) is 0 Å².